The predicted octanol–water partition coefficient (Wildman–Crippen LogP) is 3.39. The molecule has 3 aliphatic heterocycles. The van der Waals surface area contributed by atoms with E-state index in [1.807, 2.05) is 0 Å². The fourth-order valence-electron chi connectivity index (χ4n) is 5.76. The molecule has 0 aromatic rings. The highest BCUT2D eigenvalue weighted by Gasteiger charge is 2.54. The van der Waals surface area contributed by atoms with E-state index < -0.39 is 0 Å². The summed E-state index contributed by atoms with van der Waals surface area (Å²) in [5, 5.41) is 0. The smallest absolute Gasteiger partial charge is 0.0547 e. The number of likely N-dealkylation sites (tertiary alicyclic amines) is 2. The normalized spacial score (nSPS) is 31.7. The summed E-state index contributed by atoms with van der Waals surface area (Å²) in [5.41, 5.74) is 1.60. The van der Waals surface area contributed by atoms with Crippen LogP contribution in [0.5, 0.6) is 0 Å². The van der Waals surface area contributed by atoms with E-state index in [9.17, 15) is 0 Å². The van der Waals surface area contributed by atoms with E-state index in [-0.39, 0.29) is 0 Å². The van der Waals surface area contributed by atoms with Gasteiger partial charge in [-0.05, 0) is 71.1 Å². The van der Waals surface area contributed by atoms with Crippen molar-refractivity contribution in [2.24, 2.45) is 16.7 Å². The van der Waals surface area contributed by atoms with Crippen LogP contribution in [0.25, 0.3) is 0 Å². The van der Waals surface area contributed by atoms with Gasteiger partial charge in [0.2, 0.25) is 0 Å². The molecule has 4 fully saturated rings. The van der Waals surface area contributed by atoms with E-state index >= 15 is 0 Å². The minimum absolute atomic E-state index is 0.386. The van der Waals surface area contributed by atoms with Crippen molar-refractivity contribution in [3.8, 4) is 0 Å². The molecule has 1 saturated carbocycles. The molecule has 3 nitrogen and oxygen atoms in total. The van der Waals surface area contributed by atoms with Crippen LogP contribution in [0.1, 0.15) is 59.8 Å². The lowest BCUT2D eigenvalue weighted by Crippen LogP contribution is -2.67. The Morgan fingerprint density at radius 2 is 1.61 bits per heavy atom. The molecule has 0 aromatic carbocycles. The zero-order chi connectivity index (χ0) is 16.3. The Balaban J connectivity index is 1.30. The van der Waals surface area contributed by atoms with E-state index in [0.29, 0.717) is 16.4 Å². The molecule has 3 heterocycles. The first-order chi connectivity index (χ1) is 10.8. The summed E-state index contributed by atoms with van der Waals surface area (Å²) >= 11 is 0. The fraction of sp³-hybridized carbons (Fsp3) is 1.00. The molecule has 3 heteroatoms. The lowest BCUT2D eigenvalue weighted by atomic mass is 9.61. The third kappa shape index (κ3) is 2.67. The summed E-state index contributed by atoms with van der Waals surface area (Å²) in [4.78, 5) is 5.43. The van der Waals surface area contributed by atoms with Gasteiger partial charge in [0.05, 0.1) is 6.61 Å². The van der Waals surface area contributed by atoms with Gasteiger partial charge in [-0.1, -0.05) is 0 Å². The quantitative estimate of drug-likeness (QED) is 0.793. The summed E-state index contributed by atoms with van der Waals surface area (Å²) in [6.07, 6.45) is 7.11. The maximum Gasteiger partial charge on any atom is 0.0547 e. The Morgan fingerprint density at radius 1 is 0.957 bits per heavy atom. The first-order valence-corrected chi connectivity index (χ1v) is 9.91. The maximum atomic E-state index is 5.66. The summed E-state index contributed by atoms with van der Waals surface area (Å²) in [6, 6.07) is 0.737. The summed E-state index contributed by atoms with van der Waals surface area (Å²) in [6.45, 7) is 17.0. The SMILES string of the molecule is CC(C)N1CC2(CCC(C(C)(C)N3CC4(CCOC4)C3)CC2)C1. The molecule has 0 radical (unpaired) electrons. The van der Waals surface area contributed by atoms with Crippen LogP contribution >= 0.6 is 0 Å². The monoisotopic (exact) mass is 320 g/mol. The highest BCUT2D eigenvalue weighted by molar-refractivity contribution is 5.07. The largest absolute Gasteiger partial charge is 0.381 e. The Kier molecular flexibility index (Phi) is 3.87. The lowest BCUT2D eigenvalue weighted by Gasteiger charge is -2.60. The van der Waals surface area contributed by atoms with E-state index in [0.717, 1.165) is 25.2 Å². The molecule has 3 saturated heterocycles. The van der Waals surface area contributed by atoms with Crippen LogP contribution in [0.4, 0.5) is 0 Å². The van der Waals surface area contributed by atoms with Crippen LogP contribution < -0.4 is 0 Å². The molecular weight excluding hydrogens is 284 g/mol. The van der Waals surface area contributed by atoms with Crippen LogP contribution in [0, 0.1) is 16.7 Å². The molecular formula is C20H36N2O. The second kappa shape index (κ2) is 5.44. The van der Waals surface area contributed by atoms with Gasteiger partial charge in [0.15, 0.2) is 0 Å². The molecule has 2 spiro atoms. The predicted molar refractivity (Wildman–Crippen MR) is 94.6 cm³/mol. The molecule has 0 atom stereocenters. The maximum absolute atomic E-state index is 5.66. The third-order valence-corrected chi connectivity index (χ3v) is 7.91. The topological polar surface area (TPSA) is 15.7 Å². The van der Waals surface area contributed by atoms with Gasteiger partial charge >= 0.3 is 0 Å². The minimum Gasteiger partial charge on any atom is -0.381 e. The first-order valence-electron chi connectivity index (χ1n) is 9.91. The Bertz CT molecular complexity index is 429. The van der Waals surface area contributed by atoms with E-state index in [2.05, 4.69) is 37.5 Å². The van der Waals surface area contributed by atoms with Crippen LogP contribution in [-0.2, 0) is 4.74 Å². The van der Waals surface area contributed by atoms with Crippen molar-refractivity contribution in [1.82, 2.24) is 9.80 Å². The van der Waals surface area contributed by atoms with Crippen molar-refractivity contribution in [3.05, 3.63) is 0 Å². The van der Waals surface area contributed by atoms with Crippen molar-refractivity contribution in [3.63, 3.8) is 0 Å². The van der Waals surface area contributed by atoms with Gasteiger partial charge in [0, 0.05) is 49.8 Å². The standard InChI is InChI=1S/C20H36N2O/c1-16(2)21-11-19(12-21)7-5-17(6-8-19)18(3,4)22-13-20(14-22)9-10-23-15-20/h16-17H,5-15H2,1-4H3. The lowest BCUT2D eigenvalue weighted by molar-refractivity contribution is -0.114. The van der Waals surface area contributed by atoms with Gasteiger partial charge in [-0.2, -0.15) is 0 Å². The average Bonchev–Trinajstić information content (AvgIpc) is 2.92. The van der Waals surface area contributed by atoms with Crippen molar-refractivity contribution in [2.75, 3.05) is 39.4 Å². The van der Waals surface area contributed by atoms with Gasteiger partial charge in [0.1, 0.15) is 0 Å². The van der Waals surface area contributed by atoms with Gasteiger partial charge in [-0.25, -0.2) is 0 Å². The summed E-state index contributed by atoms with van der Waals surface area (Å²) in [5.74, 6) is 0.890. The second-order valence-electron chi connectivity index (χ2n) is 10.1. The highest BCUT2D eigenvalue weighted by atomic mass is 16.5. The number of nitrogens with zero attached hydrogens (tertiary/aromatic N) is 2. The molecule has 0 N–H and O–H groups in total. The van der Waals surface area contributed by atoms with Gasteiger partial charge < -0.3 is 4.74 Å². The zero-order valence-electron chi connectivity index (χ0n) is 15.7. The molecule has 1 aliphatic carbocycles. The highest BCUT2D eigenvalue weighted by Crippen LogP contribution is 2.51. The van der Waals surface area contributed by atoms with E-state index in [4.69, 9.17) is 4.74 Å². The van der Waals surface area contributed by atoms with Crippen molar-refractivity contribution in [1.29, 1.82) is 0 Å². The molecule has 0 bridgehead atoms. The van der Waals surface area contributed by atoms with Crippen molar-refractivity contribution >= 4 is 0 Å². The fourth-order valence-corrected chi connectivity index (χ4v) is 5.76. The average molecular weight is 321 g/mol. The van der Waals surface area contributed by atoms with Gasteiger partial charge in [0.25, 0.3) is 0 Å². The number of rotatable bonds is 3. The zero-order valence-corrected chi connectivity index (χ0v) is 15.7. The van der Waals surface area contributed by atoms with E-state index in [1.54, 1.807) is 0 Å². The third-order valence-electron chi connectivity index (χ3n) is 7.91. The van der Waals surface area contributed by atoms with Gasteiger partial charge in [-0.3, -0.25) is 9.80 Å². The van der Waals surface area contributed by atoms with E-state index in [1.165, 1.54) is 58.3 Å². The van der Waals surface area contributed by atoms with Crippen LogP contribution in [0.15, 0.2) is 0 Å². The molecule has 0 aromatic heterocycles. The molecule has 0 unspecified atom stereocenters. The minimum atomic E-state index is 0.386. The second-order valence-corrected chi connectivity index (χ2v) is 10.1. The molecule has 4 rings (SSSR count). The van der Waals surface area contributed by atoms with Crippen LogP contribution in [0.3, 0.4) is 0 Å². The number of hydrogen-bond acceptors (Lipinski definition) is 3. The first kappa shape index (κ1) is 16.4. The Hall–Kier alpha value is -0.120. The van der Waals surface area contributed by atoms with Crippen molar-refractivity contribution < 1.29 is 4.74 Å². The molecule has 132 valence electrons. The Morgan fingerprint density at radius 3 is 2.13 bits per heavy atom. The van der Waals surface area contributed by atoms with Crippen LogP contribution in [-0.4, -0.2) is 60.8 Å². The summed E-state index contributed by atoms with van der Waals surface area (Å²) in [7, 11) is 0. The molecule has 23 heavy (non-hydrogen) atoms. The molecule has 0 amide bonds. The van der Waals surface area contributed by atoms with Crippen molar-refractivity contribution in [2.45, 2.75) is 71.4 Å². The Labute approximate surface area is 142 Å². The summed E-state index contributed by atoms with van der Waals surface area (Å²) < 4.78 is 5.66. The van der Waals surface area contributed by atoms with Gasteiger partial charge in [-0.15, -0.1) is 0 Å². The van der Waals surface area contributed by atoms with Crippen LogP contribution in [0.2, 0.25) is 0 Å². The molecule has 4 aliphatic rings. The number of hydrogen-bond donors (Lipinski definition) is 0. The number of ether oxygens (including phenoxy) is 1.